The van der Waals surface area contributed by atoms with Crippen LogP contribution in [0.4, 0.5) is 0 Å². The molecule has 4 rings (SSSR count). The summed E-state index contributed by atoms with van der Waals surface area (Å²) in [6, 6.07) is 23.2. The average molecular weight is 454 g/mol. The van der Waals surface area contributed by atoms with Crippen LogP contribution in [0.1, 0.15) is 39.5 Å². The van der Waals surface area contributed by atoms with Gasteiger partial charge in [-0.15, -0.1) is 0 Å². The third-order valence-corrected chi connectivity index (χ3v) is 5.72. The molecule has 0 spiro atoms. The van der Waals surface area contributed by atoms with Crippen molar-refractivity contribution < 1.29 is 4.79 Å². The molecule has 0 saturated heterocycles. The maximum absolute atomic E-state index is 13.3. The summed E-state index contributed by atoms with van der Waals surface area (Å²) in [5, 5.41) is 6.72. The molecule has 1 atom stereocenters. The lowest BCUT2D eigenvalue weighted by Gasteiger charge is -2.22. The number of rotatable bonds is 3. The molecule has 0 saturated carbocycles. The first-order valence-electron chi connectivity index (χ1n) is 9.01. The van der Waals surface area contributed by atoms with Crippen molar-refractivity contribution in [2.24, 2.45) is 5.10 Å². The molecule has 28 heavy (non-hydrogen) atoms. The first-order valence-corrected chi connectivity index (χ1v) is 10.2. The van der Waals surface area contributed by atoms with Gasteiger partial charge in [-0.1, -0.05) is 81.6 Å². The number of hydrazone groups is 1. The second-order valence-corrected chi connectivity index (χ2v) is 8.14. The molecule has 0 aliphatic carbocycles. The van der Waals surface area contributed by atoms with Crippen molar-refractivity contribution in [3.05, 3.63) is 105 Å². The molecule has 1 aliphatic heterocycles. The molecule has 0 radical (unpaired) electrons. The van der Waals surface area contributed by atoms with Gasteiger partial charge in [-0.05, 0) is 42.3 Å². The maximum Gasteiger partial charge on any atom is 0.276 e. The normalized spacial score (nSPS) is 16.2. The van der Waals surface area contributed by atoms with Crippen molar-refractivity contribution in [3.63, 3.8) is 0 Å². The topological polar surface area (TPSA) is 32.7 Å². The zero-order chi connectivity index (χ0) is 19.7. The van der Waals surface area contributed by atoms with E-state index < -0.39 is 0 Å². The van der Waals surface area contributed by atoms with E-state index in [2.05, 4.69) is 47.1 Å². The number of carbonyl (C=O) groups is 1. The number of amides is 1. The van der Waals surface area contributed by atoms with Crippen molar-refractivity contribution in [2.45, 2.75) is 19.4 Å². The smallest absolute Gasteiger partial charge is 0.267 e. The van der Waals surface area contributed by atoms with Gasteiger partial charge < -0.3 is 0 Å². The van der Waals surface area contributed by atoms with E-state index in [9.17, 15) is 4.79 Å². The van der Waals surface area contributed by atoms with Gasteiger partial charge in [-0.2, -0.15) is 5.10 Å². The molecule has 1 heterocycles. The van der Waals surface area contributed by atoms with Crippen molar-refractivity contribution in [3.8, 4) is 0 Å². The van der Waals surface area contributed by atoms with E-state index in [1.807, 2.05) is 36.4 Å². The first-order chi connectivity index (χ1) is 13.5. The van der Waals surface area contributed by atoms with E-state index in [1.165, 1.54) is 5.56 Å². The number of nitrogens with zero attached hydrogens (tertiary/aromatic N) is 2. The second kappa shape index (κ2) is 7.90. The number of carbonyl (C=O) groups excluding carboxylic acids is 1. The number of hydrogen-bond acceptors (Lipinski definition) is 2. The molecule has 1 amide bonds. The van der Waals surface area contributed by atoms with E-state index in [0.717, 1.165) is 21.3 Å². The quantitative estimate of drug-likeness (QED) is 0.451. The molecule has 3 nitrogen and oxygen atoms in total. The lowest BCUT2D eigenvalue weighted by atomic mass is 9.97. The van der Waals surface area contributed by atoms with E-state index >= 15 is 0 Å². The lowest BCUT2D eigenvalue weighted by Crippen LogP contribution is -2.27. The van der Waals surface area contributed by atoms with E-state index in [1.54, 1.807) is 17.1 Å². The molecule has 0 N–H and O–H groups in total. The minimum absolute atomic E-state index is 0.173. The van der Waals surface area contributed by atoms with Gasteiger partial charge in [0.05, 0.1) is 22.3 Å². The van der Waals surface area contributed by atoms with Crippen molar-refractivity contribution in [1.82, 2.24) is 5.01 Å². The number of halogens is 2. The fourth-order valence-corrected chi connectivity index (χ4v) is 3.80. The molecular weight excluding hydrogens is 436 g/mol. The van der Waals surface area contributed by atoms with E-state index in [-0.39, 0.29) is 11.9 Å². The van der Waals surface area contributed by atoms with Gasteiger partial charge in [0.1, 0.15) is 0 Å². The largest absolute Gasteiger partial charge is 0.276 e. The highest BCUT2D eigenvalue weighted by Crippen LogP contribution is 2.35. The third kappa shape index (κ3) is 3.75. The van der Waals surface area contributed by atoms with Crippen LogP contribution in [0.25, 0.3) is 0 Å². The minimum atomic E-state index is -0.194. The lowest BCUT2D eigenvalue weighted by molar-refractivity contribution is 0.0711. The highest BCUT2D eigenvalue weighted by Gasteiger charge is 2.34. The van der Waals surface area contributed by atoms with Gasteiger partial charge in [-0.25, -0.2) is 5.01 Å². The molecular formula is C23H18BrClN2O. The van der Waals surface area contributed by atoms with Gasteiger partial charge in [0.25, 0.3) is 5.91 Å². The maximum atomic E-state index is 13.3. The van der Waals surface area contributed by atoms with Crippen LogP contribution in [-0.2, 0) is 0 Å². The fourth-order valence-electron chi connectivity index (χ4n) is 3.32. The minimum Gasteiger partial charge on any atom is -0.267 e. The van der Waals surface area contributed by atoms with Crippen LogP contribution in [0.2, 0.25) is 5.02 Å². The molecule has 140 valence electrons. The Balaban J connectivity index is 1.75. The van der Waals surface area contributed by atoms with Crippen molar-refractivity contribution >= 4 is 39.1 Å². The van der Waals surface area contributed by atoms with E-state index in [0.29, 0.717) is 17.0 Å². The summed E-state index contributed by atoms with van der Waals surface area (Å²) in [4.78, 5) is 13.3. The third-order valence-electron chi connectivity index (χ3n) is 4.86. The van der Waals surface area contributed by atoms with Gasteiger partial charge in [-0.3, -0.25) is 4.79 Å². The number of benzene rings is 3. The van der Waals surface area contributed by atoms with Crippen molar-refractivity contribution in [1.29, 1.82) is 0 Å². The van der Waals surface area contributed by atoms with Crippen molar-refractivity contribution in [2.75, 3.05) is 0 Å². The summed E-state index contributed by atoms with van der Waals surface area (Å²) in [5.74, 6) is -0.194. The number of hydrogen-bond donors (Lipinski definition) is 0. The van der Waals surface area contributed by atoms with Crippen LogP contribution < -0.4 is 0 Å². The average Bonchev–Trinajstić information content (AvgIpc) is 3.14. The van der Waals surface area contributed by atoms with Gasteiger partial charge >= 0.3 is 0 Å². The Hall–Kier alpha value is -2.43. The Morgan fingerprint density at radius 2 is 1.71 bits per heavy atom. The Labute approximate surface area is 177 Å². The zero-order valence-corrected chi connectivity index (χ0v) is 17.6. The molecule has 1 aliphatic rings. The Bertz CT molecular complexity index is 1040. The van der Waals surface area contributed by atoms with Crippen LogP contribution in [0.15, 0.2) is 82.4 Å². The molecule has 1 unspecified atom stereocenters. The molecule has 3 aromatic carbocycles. The summed E-state index contributed by atoms with van der Waals surface area (Å²) >= 11 is 9.75. The highest BCUT2D eigenvalue weighted by atomic mass is 79.9. The second-order valence-electron chi connectivity index (χ2n) is 6.81. The monoisotopic (exact) mass is 452 g/mol. The van der Waals surface area contributed by atoms with Crippen LogP contribution in [0.5, 0.6) is 0 Å². The summed E-state index contributed by atoms with van der Waals surface area (Å²) in [5.41, 5.74) is 4.61. The first kappa shape index (κ1) is 18.9. The van der Waals surface area contributed by atoms with Gasteiger partial charge in [0.2, 0.25) is 0 Å². The number of aryl methyl sites for hydroxylation is 1. The SMILES string of the molecule is Cc1ccc(C2=NN(C(=O)c3ccccc3Cl)C(c3ccc(Br)cc3)C2)cc1. The molecule has 5 heteroatoms. The van der Waals surface area contributed by atoms with Crippen LogP contribution in [-0.4, -0.2) is 16.6 Å². The summed E-state index contributed by atoms with van der Waals surface area (Å²) < 4.78 is 0.998. The summed E-state index contributed by atoms with van der Waals surface area (Å²) in [6.07, 6.45) is 0.654. The Morgan fingerprint density at radius 1 is 1.04 bits per heavy atom. The van der Waals surface area contributed by atoms with Crippen LogP contribution >= 0.6 is 27.5 Å². The summed E-state index contributed by atoms with van der Waals surface area (Å²) in [7, 11) is 0. The van der Waals surface area contributed by atoms with Gasteiger partial charge in [0, 0.05) is 10.9 Å². The zero-order valence-electron chi connectivity index (χ0n) is 15.3. The van der Waals surface area contributed by atoms with E-state index in [4.69, 9.17) is 16.7 Å². The highest BCUT2D eigenvalue weighted by molar-refractivity contribution is 9.10. The predicted molar refractivity (Wildman–Crippen MR) is 117 cm³/mol. The van der Waals surface area contributed by atoms with Gasteiger partial charge in [0.15, 0.2) is 0 Å². The van der Waals surface area contributed by atoms with Crippen LogP contribution in [0, 0.1) is 6.92 Å². The fraction of sp³-hybridized carbons (Fsp3) is 0.130. The molecule has 0 aromatic heterocycles. The molecule has 0 fully saturated rings. The predicted octanol–water partition coefficient (Wildman–Crippen LogP) is 6.40. The Morgan fingerprint density at radius 3 is 2.39 bits per heavy atom. The Kier molecular flexibility index (Phi) is 5.33. The summed E-state index contributed by atoms with van der Waals surface area (Å²) in [6.45, 7) is 2.05. The molecule has 3 aromatic rings. The standard InChI is InChI=1S/C23H18BrClN2O/c1-15-6-8-16(9-7-15)21-14-22(17-10-12-18(24)13-11-17)27(26-21)23(28)19-4-2-3-5-20(19)25/h2-13,22H,14H2,1H3. The molecule has 0 bridgehead atoms. The van der Waals surface area contributed by atoms with Crippen LogP contribution in [0.3, 0.4) is 0 Å².